The molecule has 8 heteroatoms. The van der Waals surface area contributed by atoms with E-state index in [0.717, 1.165) is 22.5 Å². The zero-order valence-corrected chi connectivity index (χ0v) is 17.2. The zero-order chi connectivity index (χ0) is 20.5. The van der Waals surface area contributed by atoms with Gasteiger partial charge in [0.05, 0.1) is 11.0 Å². The topological polar surface area (TPSA) is 75.6 Å². The molecule has 3 aromatic rings. The van der Waals surface area contributed by atoms with Crippen LogP contribution in [0.25, 0.3) is 10.4 Å². The molecule has 0 saturated carbocycles. The van der Waals surface area contributed by atoms with E-state index in [-0.39, 0.29) is 10.6 Å². The fourth-order valence-corrected chi connectivity index (χ4v) is 5.64. The van der Waals surface area contributed by atoms with Crippen molar-refractivity contribution < 1.29 is 23.4 Å². The van der Waals surface area contributed by atoms with Gasteiger partial charge in [-0.25, -0.2) is 9.18 Å². The van der Waals surface area contributed by atoms with E-state index in [4.69, 9.17) is 4.52 Å². The first kappa shape index (κ1) is 20.3. The summed E-state index contributed by atoms with van der Waals surface area (Å²) in [6, 6.07) is 12.8. The van der Waals surface area contributed by atoms with Gasteiger partial charge in [-0.1, -0.05) is 29.8 Å². The molecular formula is C20H19FNO4PS. The number of carbonyl (C=O) groups is 1. The molecule has 0 spiro atoms. The molecule has 0 fully saturated rings. The van der Waals surface area contributed by atoms with Crippen LogP contribution < -0.4 is 10.4 Å². The maximum absolute atomic E-state index is 13.6. The molecule has 0 aliphatic rings. The molecule has 5 nitrogen and oxygen atoms in total. The largest absolute Gasteiger partial charge is 0.477 e. The molecule has 0 bridgehead atoms. The van der Waals surface area contributed by atoms with Crippen LogP contribution in [0.2, 0.25) is 0 Å². The fourth-order valence-electron chi connectivity index (χ4n) is 2.92. The Bertz CT molecular complexity index is 1100. The summed E-state index contributed by atoms with van der Waals surface area (Å²) >= 11 is 0.977. The zero-order valence-electron chi connectivity index (χ0n) is 15.5. The Hall–Kier alpha value is -2.47. The minimum atomic E-state index is -3.57. The lowest BCUT2D eigenvalue weighted by atomic mass is 10.2. The molecule has 1 heterocycles. The van der Waals surface area contributed by atoms with Crippen LogP contribution in [-0.2, 0) is 9.09 Å². The number of hydrogen-bond donors (Lipinski definition) is 2. The molecule has 2 N–H and O–H groups in total. The second kappa shape index (κ2) is 7.87. The van der Waals surface area contributed by atoms with Crippen molar-refractivity contribution in [2.75, 3.05) is 12.2 Å². The number of carboxylic acid groups (broad SMARTS) is 1. The number of rotatable bonds is 6. The number of carboxylic acids is 1. The van der Waals surface area contributed by atoms with Crippen LogP contribution >= 0.6 is 18.9 Å². The van der Waals surface area contributed by atoms with Gasteiger partial charge in [0.2, 0.25) is 0 Å². The SMILES string of the molecule is COP(=O)(Nc1cc(-c2cccc(F)c2)sc1C(=O)O)c1ccc(C)cc1C. The Kier molecular flexibility index (Phi) is 5.70. The van der Waals surface area contributed by atoms with Crippen molar-refractivity contribution in [1.82, 2.24) is 0 Å². The summed E-state index contributed by atoms with van der Waals surface area (Å²) < 4.78 is 32.3. The van der Waals surface area contributed by atoms with Crippen LogP contribution in [0.3, 0.4) is 0 Å². The van der Waals surface area contributed by atoms with Crippen molar-refractivity contribution in [3.63, 3.8) is 0 Å². The molecule has 1 aromatic heterocycles. The molecule has 146 valence electrons. The second-order valence-corrected chi connectivity index (χ2v) is 9.53. The first-order valence-corrected chi connectivity index (χ1v) is 10.8. The minimum Gasteiger partial charge on any atom is -0.477 e. The van der Waals surface area contributed by atoms with Gasteiger partial charge in [0.1, 0.15) is 10.7 Å². The van der Waals surface area contributed by atoms with E-state index >= 15 is 0 Å². The third-order valence-corrected chi connectivity index (χ3v) is 7.59. The number of hydrogen-bond acceptors (Lipinski definition) is 4. The minimum absolute atomic E-state index is 0.0266. The molecule has 0 amide bonds. The third kappa shape index (κ3) is 4.02. The number of halogens is 1. The third-order valence-electron chi connectivity index (χ3n) is 4.23. The lowest BCUT2D eigenvalue weighted by molar-refractivity contribution is 0.0703. The summed E-state index contributed by atoms with van der Waals surface area (Å²) in [4.78, 5) is 12.2. The average molecular weight is 419 g/mol. The van der Waals surface area contributed by atoms with E-state index in [9.17, 15) is 18.9 Å². The molecule has 1 atom stereocenters. The summed E-state index contributed by atoms with van der Waals surface area (Å²) in [7, 11) is -2.25. The number of anilines is 1. The predicted octanol–water partition coefficient (Wildman–Crippen LogP) is 5.45. The molecule has 0 aliphatic carbocycles. The Labute approximate surface area is 166 Å². The normalized spacial score (nSPS) is 13.1. The van der Waals surface area contributed by atoms with Gasteiger partial charge in [-0.2, -0.15) is 0 Å². The van der Waals surface area contributed by atoms with Gasteiger partial charge < -0.3 is 14.7 Å². The van der Waals surface area contributed by atoms with Crippen molar-refractivity contribution in [2.24, 2.45) is 0 Å². The fraction of sp³-hybridized carbons (Fsp3) is 0.150. The summed E-state index contributed by atoms with van der Waals surface area (Å²) in [5.41, 5.74) is 2.50. The average Bonchev–Trinajstić information content (AvgIpc) is 3.05. The van der Waals surface area contributed by atoms with Crippen LogP contribution in [0.4, 0.5) is 10.1 Å². The van der Waals surface area contributed by atoms with Crippen molar-refractivity contribution in [3.05, 3.63) is 70.4 Å². The number of aryl methyl sites for hydroxylation is 2. The van der Waals surface area contributed by atoms with Crippen molar-refractivity contribution in [1.29, 1.82) is 0 Å². The predicted molar refractivity (Wildman–Crippen MR) is 110 cm³/mol. The van der Waals surface area contributed by atoms with Crippen LogP contribution in [0.15, 0.2) is 48.5 Å². The van der Waals surface area contributed by atoms with Gasteiger partial charge in [-0.15, -0.1) is 11.3 Å². The van der Waals surface area contributed by atoms with Crippen LogP contribution in [-0.4, -0.2) is 18.2 Å². The standard InChI is InChI=1S/C20H19FNO4PS/c1-12-7-8-17(13(2)9-12)27(25,26-3)22-16-11-18(28-19(16)20(23)24)14-5-4-6-15(21)10-14/h4-11H,1-3H3,(H,22,25)(H,23,24). The van der Waals surface area contributed by atoms with Gasteiger partial charge in [0.25, 0.3) is 0 Å². The highest BCUT2D eigenvalue weighted by Gasteiger charge is 2.30. The summed E-state index contributed by atoms with van der Waals surface area (Å²) in [6.07, 6.45) is 0. The number of benzene rings is 2. The summed E-state index contributed by atoms with van der Waals surface area (Å²) in [6.45, 7) is 3.74. The summed E-state index contributed by atoms with van der Waals surface area (Å²) in [5.74, 6) is -1.59. The van der Waals surface area contributed by atoms with Crippen molar-refractivity contribution in [3.8, 4) is 10.4 Å². The Balaban J connectivity index is 2.07. The molecule has 0 aliphatic heterocycles. The number of nitrogens with one attached hydrogen (secondary N) is 1. The first-order chi connectivity index (χ1) is 13.2. The molecule has 1 unspecified atom stereocenters. The van der Waals surface area contributed by atoms with E-state index in [2.05, 4.69) is 5.09 Å². The van der Waals surface area contributed by atoms with E-state index < -0.39 is 19.3 Å². The molecular weight excluding hydrogens is 400 g/mol. The lowest BCUT2D eigenvalue weighted by Crippen LogP contribution is -2.17. The highest BCUT2D eigenvalue weighted by molar-refractivity contribution is 7.68. The van der Waals surface area contributed by atoms with Gasteiger partial charge in [-0.05, 0) is 49.2 Å². The van der Waals surface area contributed by atoms with Crippen LogP contribution in [0.1, 0.15) is 20.8 Å². The molecule has 0 saturated heterocycles. The van der Waals surface area contributed by atoms with Crippen LogP contribution in [0, 0.1) is 19.7 Å². The second-order valence-electron chi connectivity index (χ2n) is 6.30. The van der Waals surface area contributed by atoms with Gasteiger partial charge in [0.15, 0.2) is 0 Å². The van der Waals surface area contributed by atoms with Gasteiger partial charge >= 0.3 is 13.5 Å². The number of aromatic carboxylic acids is 1. The van der Waals surface area contributed by atoms with Crippen molar-refractivity contribution >= 4 is 35.8 Å². The van der Waals surface area contributed by atoms with E-state index in [1.807, 2.05) is 26.0 Å². The van der Waals surface area contributed by atoms with Gasteiger partial charge in [-0.3, -0.25) is 4.57 Å². The molecule has 3 rings (SSSR count). The Morgan fingerprint density at radius 2 is 1.93 bits per heavy atom. The molecule has 28 heavy (non-hydrogen) atoms. The maximum Gasteiger partial charge on any atom is 0.348 e. The maximum atomic E-state index is 13.6. The van der Waals surface area contributed by atoms with Crippen LogP contribution in [0.5, 0.6) is 0 Å². The summed E-state index contributed by atoms with van der Waals surface area (Å²) in [5, 5.41) is 12.9. The van der Waals surface area contributed by atoms with Gasteiger partial charge in [0, 0.05) is 12.0 Å². The monoisotopic (exact) mass is 419 g/mol. The highest BCUT2D eigenvalue weighted by Crippen LogP contribution is 2.48. The molecule has 0 radical (unpaired) electrons. The Morgan fingerprint density at radius 1 is 1.18 bits per heavy atom. The molecule has 2 aromatic carbocycles. The van der Waals surface area contributed by atoms with E-state index in [1.165, 1.54) is 19.2 Å². The quantitative estimate of drug-likeness (QED) is 0.520. The first-order valence-electron chi connectivity index (χ1n) is 8.38. The van der Waals surface area contributed by atoms with E-state index in [0.29, 0.717) is 15.7 Å². The Morgan fingerprint density at radius 3 is 2.54 bits per heavy atom. The number of thiophene rings is 1. The highest BCUT2D eigenvalue weighted by atomic mass is 32.1. The lowest BCUT2D eigenvalue weighted by Gasteiger charge is -2.20. The smallest absolute Gasteiger partial charge is 0.348 e. The van der Waals surface area contributed by atoms with Crippen molar-refractivity contribution in [2.45, 2.75) is 13.8 Å². The van der Waals surface area contributed by atoms with E-state index in [1.54, 1.807) is 24.3 Å².